The van der Waals surface area contributed by atoms with E-state index < -0.39 is 0 Å². The second-order valence-corrected chi connectivity index (χ2v) is 5.72. The first-order valence-electron chi connectivity index (χ1n) is 7.79. The summed E-state index contributed by atoms with van der Waals surface area (Å²) in [4.78, 5) is 12.4. The quantitative estimate of drug-likeness (QED) is 0.668. The molecule has 0 bridgehead atoms. The molecule has 0 aromatic heterocycles. The summed E-state index contributed by atoms with van der Waals surface area (Å²) in [5.41, 5.74) is 0. The summed E-state index contributed by atoms with van der Waals surface area (Å²) < 4.78 is 10.9. The molecule has 1 saturated heterocycles. The van der Waals surface area contributed by atoms with Crippen molar-refractivity contribution >= 4 is 5.91 Å². The Labute approximate surface area is 122 Å². The number of hydrogen-bond donors (Lipinski definition) is 2. The molecule has 1 aliphatic rings. The van der Waals surface area contributed by atoms with Gasteiger partial charge in [-0.1, -0.05) is 20.8 Å². The van der Waals surface area contributed by atoms with Gasteiger partial charge in [-0.25, -0.2) is 0 Å². The summed E-state index contributed by atoms with van der Waals surface area (Å²) in [6.45, 7) is 11.6. The molecule has 0 radical (unpaired) electrons. The van der Waals surface area contributed by atoms with E-state index in [1.54, 1.807) is 0 Å². The number of hydrogen-bond acceptors (Lipinski definition) is 4. The average Bonchev–Trinajstić information content (AvgIpc) is 2.89. The topological polar surface area (TPSA) is 59.6 Å². The second-order valence-electron chi connectivity index (χ2n) is 5.72. The Morgan fingerprint density at radius 1 is 1.35 bits per heavy atom. The first-order valence-corrected chi connectivity index (χ1v) is 7.79. The molecule has 3 unspecified atom stereocenters. The standard InChI is InChI=1S/C15H30N2O3/c1-5-7-16-14-10-20-8-12(14)15(18)17-13(11(3)4)9-19-6-2/h11-14,16H,5-10H2,1-4H3,(H,17,18). The highest BCUT2D eigenvalue weighted by molar-refractivity contribution is 5.80. The van der Waals surface area contributed by atoms with Gasteiger partial charge in [-0.3, -0.25) is 4.79 Å². The summed E-state index contributed by atoms with van der Waals surface area (Å²) in [5.74, 6) is 0.341. The molecular weight excluding hydrogens is 256 g/mol. The van der Waals surface area contributed by atoms with Crippen LogP contribution in [-0.4, -0.2) is 51.0 Å². The molecule has 5 nitrogen and oxygen atoms in total. The van der Waals surface area contributed by atoms with Gasteiger partial charge in [0.1, 0.15) is 0 Å². The molecule has 2 N–H and O–H groups in total. The van der Waals surface area contributed by atoms with E-state index in [0.29, 0.717) is 32.3 Å². The van der Waals surface area contributed by atoms with Crippen LogP contribution in [0.2, 0.25) is 0 Å². The third-order valence-corrected chi connectivity index (χ3v) is 3.71. The van der Waals surface area contributed by atoms with Gasteiger partial charge in [0.15, 0.2) is 0 Å². The van der Waals surface area contributed by atoms with Gasteiger partial charge in [0.25, 0.3) is 0 Å². The van der Waals surface area contributed by atoms with E-state index in [2.05, 4.69) is 31.4 Å². The van der Waals surface area contributed by atoms with E-state index in [1.165, 1.54) is 0 Å². The molecule has 1 fully saturated rings. The molecule has 1 amide bonds. The largest absolute Gasteiger partial charge is 0.380 e. The van der Waals surface area contributed by atoms with Crippen LogP contribution < -0.4 is 10.6 Å². The van der Waals surface area contributed by atoms with Crippen LogP contribution in [0.25, 0.3) is 0 Å². The Bertz CT molecular complexity index is 284. The SMILES string of the molecule is CCCNC1COCC1C(=O)NC(COCC)C(C)C. The third-order valence-electron chi connectivity index (χ3n) is 3.71. The number of nitrogens with one attached hydrogen (secondary N) is 2. The maximum absolute atomic E-state index is 12.4. The lowest BCUT2D eigenvalue weighted by Gasteiger charge is -2.25. The van der Waals surface area contributed by atoms with E-state index in [1.807, 2.05) is 6.92 Å². The average molecular weight is 286 g/mol. The Morgan fingerprint density at radius 3 is 2.70 bits per heavy atom. The monoisotopic (exact) mass is 286 g/mol. The molecule has 1 aliphatic heterocycles. The highest BCUT2D eigenvalue weighted by Gasteiger charge is 2.34. The zero-order valence-corrected chi connectivity index (χ0v) is 13.3. The summed E-state index contributed by atoms with van der Waals surface area (Å²) in [6, 6.07) is 0.199. The van der Waals surface area contributed by atoms with Gasteiger partial charge >= 0.3 is 0 Å². The Hall–Kier alpha value is -0.650. The van der Waals surface area contributed by atoms with Crippen LogP contribution in [0.5, 0.6) is 0 Å². The molecule has 5 heteroatoms. The molecule has 1 rings (SSSR count). The molecular formula is C15H30N2O3. The number of carbonyl (C=O) groups excluding carboxylic acids is 1. The first kappa shape index (κ1) is 17.4. The predicted molar refractivity (Wildman–Crippen MR) is 79.7 cm³/mol. The zero-order chi connectivity index (χ0) is 15.0. The lowest BCUT2D eigenvalue weighted by molar-refractivity contribution is -0.127. The summed E-state index contributed by atoms with van der Waals surface area (Å²) in [6.07, 6.45) is 1.06. The normalized spacial score (nSPS) is 24.1. The lowest BCUT2D eigenvalue weighted by Crippen LogP contribution is -2.49. The number of ether oxygens (including phenoxy) is 2. The van der Waals surface area contributed by atoms with Crippen molar-refractivity contribution in [3.8, 4) is 0 Å². The Kier molecular flexibility index (Phi) is 8.11. The second kappa shape index (κ2) is 9.32. The van der Waals surface area contributed by atoms with Crippen LogP contribution in [0, 0.1) is 11.8 Å². The van der Waals surface area contributed by atoms with Crippen molar-refractivity contribution in [2.24, 2.45) is 11.8 Å². The van der Waals surface area contributed by atoms with Gasteiger partial charge < -0.3 is 20.1 Å². The van der Waals surface area contributed by atoms with Gasteiger partial charge in [0, 0.05) is 12.6 Å². The molecule has 0 saturated carbocycles. The van der Waals surface area contributed by atoms with Crippen LogP contribution in [0.15, 0.2) is 0 Å². The summed E-state index contributed by atoms with van der Waals surface area (Å²) in [7, 11) is 0. The van der Waals surface area contributed by atoms with E-state index in [9.17, 15) is 4.79 Å². The van der Waals surface area contributed by atoms with E-state index in [0.717, 1.165) is 13.0 Å². The van der Waals surface area contributed by atoms with E-state index >= 15 is 0 Å². The minimum absolute atomic E-state index is 0.0647. The maximum atomic E-state index is 12.4. The zero-order valence-electron chi connectivity index (χ0n) is 13.3. The van der Waals surface area contributed by atoms with Crippen molar-refractivity contribution in [2.45, 2.75) is 46.2 Å². The van der Waals surface area contributed by atoms with Gasteiger partial charge in [-0.05, 0) is 25.8 Å². The first-order chi connectivity index (χ1) is 9.60. The van der Waals surface area contributed by atoms with E-state index in [4.69, 9.17) is 9.47 Å². The van der Waals surface area contributed by atoms with Crippen LogP contribution in [0.1, 0.15) is 34.1 Å². The van der Waals surface area contributed by atoms with Crippen LogP contribution >= 0.6 is 0 Å². The van der Waals surface area contributed by atoms with Crippen LogP contribution in [0.4, 0.5) is 0 Å². The number of amides is 1. The highest BCUT2D eigenvalue weighted by Crippen LogP contribution is 2.15. The Morgan fingerprint density at radius 2 is 2.10 bits per heavy atom. The van der Waals surface area contributed by atoms with Gasteiger partial charge in [-0.2, -0.15) is 0 Å². The number of carbonyl (C=O) groups is 1. The van der Waals surface area contributed by atoms with Crippen molar-refractivity contribution in [3.63, 3.8) is 0 Å². The lowest BCUT2D eigenvalue weighted by atomic mass is 9.99. The number of rotatable bonds is 9. The molecule has 0 spiro atoms. The molecule has 0 aliphatic carbocycles. The fourth-order valence-electron chi connectivity index (χ4n) is 2.28. The molecule has 20 heavy (non-hydrogen) atoms. The smallest absolute Gasteiger partial charge is 0.227 e. The van der Waals surface area contributed by atoms with Gasteiger partial charge in [0.2, 0.25) is 5.91 Å². The van der Waals surface area contributed by atoms with Crippen molar-refractivity contribution in [2.75, 3.05) is 33.0 Å². The van der Waals surface area contributed by atoms with Gasteiger partial charge in [-0.15, -0.1) is 0 Å². The predicted octanol–water partition coefficient (Wildman–Crippen LogP) is 1.18. The molecule has 0 aromatic carbocycles. The molecule has 0 aromatic rings. The fourth-order valence-corrected chi connectivity index (χ4v) is 2.28. The van der Waals surface area contributed by atoms with Crippen molar-refractivity contribution in [1.82, 2.24) is 10.6 Å². The maximum Gasteiger partial charge on any atom is 0.227 e. The Balaban J connectivity index is 2.49. The summed E-state index contributed by atoms with van der Waals surface area (Å²) in [5, 5.41) is 6.51. The molecule has 1 heterocycles. The van der Waals surface area contributed by atoms with Crippen molar-refractivity contribution in [3.05, 3.63) is 0 Å². The van der Waals surface area contributed by atoms with Crippen LogP contribution in [-0.2, 0) is 14.3 Å². The fraction of sp³-hybridized carbons (Fsp3) is 0.933. The van der Waals surface area contributed by atoms with E-state index in [-0.39, 0.29) is 23.9 Å². The van der Waals surface area contributed by atoms with Crippen LogP contribution in [0.3, 0.4) is 0 Å². The van der Waals surface area contributed by atoms with Crippen molar-refractivity contribution < 1.29 is 14.3 Å². The minimum Gasteiger partial charge on any atom is -0.380 e. The molecule has 3 atom stereocenters. The third kappa shape index (κ3) is 5.38. The highest BCUT2D eigenvalue weighted by atomic mass is 16.5. The molecule has 118 valence electrons. The van der Waals surface area contributed by atoms with Crippen molar-refractivity contribution in [1.29, 1.82) is 0 Å². The summed E-state index contributed by atoms with van der Waals surface area (Å²) >= 11 is 0. The van der Waals surface area contributed by atoms with Gasteiger partial charge in [0.05, 0.1) is 31.8 Å². The minimum atomic E-state index is -0.0931.